The Labute approximate surface area is 99.9 Å². The van der Waals surface area contributed by atoms with Crippen molar-refractivity contribution in [1.82, 2.24) is 0 Å². The topological polar surface area (TPSA) is 50.9 Å². The molecule has 0 atom stereocenters. The minimum Gasteiger partial charge on any atom is -0.365 e. The van der Waals surface area contributed by atoms with Crippen LogP contribution in [0.4, 0.5) is 0 Å². The molecule has 0 aliphatic rings. The van der Waals surface area contributed by atoms with Crippen LogP contribution in [0.1, 0.15) is 10.4 Å². The van der Waals surface area contributed by atoms with Crippen LogP contribution in [0.2, 0.25) is 0 Å². The average molecular weight is 229 g/mol. The summed E-state index contributed by atoms with van der Waals surface area (Å²) in [5, 5.41) is 0. The van der Waals surface area contributed by atoms with Gasteiger partial charge >= 0.3 is 0 Å². The first kappa shape index (κ1) is 11.3. The van der Waals surface area contributed by atoms with Gasteiger partial charge in [0.25, 0.3) is 5.91 Å². The molecular formula is C13H15N3O+2. The Balaban J connectivity index is 2.58. The Morgan fingerprint density at radius 2 is 1.65 bits per heavy atom. The minimum atomic E-state index is -0.413. The average Bonchev–Trinajstić information content (AvgIpc) is 2.30. The van der Waals surface area contributed by atoms with Crippen LogP contribution in [-0.2, 0) is 14.1 Å². The third-order valence-electron chi connectivity index (χ3n) is 2.65. The quantitative estimate of drug-likeness (QED) is 0.730. The van der Waals surface area contributed by atoms with Crippen molar-refractivity contribution >= 4 is 5.91 Å². The largest absolute Gasteiger partial charge is 0.365 e. The molecule has 2 aromatic rings. The van der Waals surface area contributed by atoms with Crippen LogP contribution in [0.5, 0.6) is 0 Å². The van der Waals surface area contributed by atoms with Crippen LogP contribution in [0.15, 0.2) is 43.0 Å². The van der Waals surface area contributed by atoms with Crippen molar-refractivity contribution in [3.63, 3.8) is 0 Å². The highest BCUT2D eigenvalue weighted by atomic mass is 16.1. The number of hydrogen-bond donors (Lipinski definition) is 1. The number of amides is 1. The van der Waals surface area contributed by atoms with E-state index in [0.717, 1.165) is 11.1 Å². The maximum Gasteiger partial charge on any atom is 0.255 e. The summed E-state index contributed by atoms with van der Waals surface area (Å²) in [6.45, 7) is 0. The highest BCUT2D eigenvalue weighted by Crippen LogP contribution is 2.20. The highest BCUT2D eigenvalue weighted by molar-refractivity contribution is 5.99. The molecule has 0 saturated heterocycles. The molecule has 4 heteroatoms. The van der Waals surface area contributed by atoms with Crippen molar-refractivity contribution in [3.05, 3.63) is 48.5 Å². The Morgan fingerprint density at radius 3 is 2.24 bits per heavy atom. The van der Waals surface area contributed by atoms with E-state index < -0.39 is 5.91 Å². The molecule has 0 aliphatic carbocycles. The van der Waals surface area contributed by atoms with E-state index in [-0.39, 0.29) is 0 Å². The molecule has 2 heterocycles. The number of nitrogens with zero attached hydrogens (tertiary/aromatic N) is 2. The van der Waals surface area contributed by atoms with Crippen molar-refractivity contribution in [3.8, 4) is 11.1 Å². The number of aryl methyl sites for hydroxylation is 2. The lowest BCUT2D eigenvalue weighted by molar-refractivity contribution is -0.671. The molecule has 17 heavy (non-hydrogen) atoms. The summed E-state index contributed by atoms with van der Waals surface area (Å²) in [7, 11) is 3.81. The predicted octanol–water partition coefficient (Wildman–Crippen LogP) is 0.101. The number of carbonyl (C=O) groups excluding carboxylic acids is 1. The molecule has 0 aliphatic heterocycles. The van der Waals surface area contributed by atoms with Crippen LogP contribution >= 0.6 is 0 Å². The van der Waals surface area contributed by atoms with Crippen molar-refractivity contribution in [1.29, 1.82) is 0 Å². The Bertz CT molecular complexity index is 561. The van der Waals surface area contributed by atoms with Gasteiger partial charge in [-0.15, -0.1) is 0 Å². The molecule has 4 nitrogen and oxygen atoms in total. The van der Waals surface area contributed by atoms with Crippen LogP contribution in [0.3, 0.4) is 0 Å². The van der Waals surface area contributed by atoms with E-state index >= 15 is 0 Å². The number of nitrogens with two attached hydrogens (primary N) is 1. The monoisotopic (exact) mass is 229 g/mol. The van der Waals surface area contributed by atoms with Gasteiger partial charge in [0.1, 0.15) is 19.7 Å². The number of rotatable bonds is 2. The van der Waals surface area contributed by atoms with E-state index in [1.54, 1.807) is 6.20 Å². The smallest absolute Gasteiger partial charge is 0.255 e. The summed E-state index contributed by atoms with van der Waals surface area (Å²) in [4.78, 5) is 11.4. The van der Waals surface area contributed by atoms with Crippen LogP contribution in [-0.4, -0.2) is 5.91 Å². The SMILES string of the molecule is C[n+]1ccc(-c2cc[n+](C)cc2C(N)=O)cc1. The number of pyridine rings is 2. The molecule has 2 aromatic heterocycles. The summed E-state index contributed by atoms with van der Waals surface area (Å²) < 4.78 is 3.75. The highest BCUT2D eigenvalue weighted by Gasteiger charge is 2.14. The first-order valence-corrected chi connectivity index (χ1v) is 5.32. The summed E-state index contributed by atoms with van der Waals surface area (Å²) in [6, 6.07) is 5.82. The maximum atomic E-state index is 11.4. The van der Waals surface area contributed by atoms with Gasteiger partial charge in [-0.05, 0) is 5.56 Å². The fraction of sp³-hybridized carbons (Fsp3) is 0.154. The van der Waals surface area contributed by atoms with Gasteiger partial charge in [-0.1, -0.05) is 0 Å². The fourth-order valence-corrected chi connectivity index (χ4v) is 1.73. The lowest BCUT2D eigenvalue weighted by Crippen LogP contribution is -2.30. The lowest BCUT2D eigenvalue weighted by atomic mass is 10.0. The van der Waals surface area contributed by atoms with Gasteiger partial charge in [-0.2, -0.15) is 0 Å². The van der Waals surface area contributed by atoms with Gasteiger partial charge in [0.15, 0.2) is 24.8 Å². The van der Waals surface area contributed by atoms with Crippen molar-refractivity contribution in [2.45, 2.75) is 0 Å². The number of carbonyl (C=O) groups is 1. The third-order valence-corrected chi connectivity index (χ3v) is 2.65. The van der Waals surface area contributed by atoms with Crippen LogP contribution < -0.4 is 14.9 Å². The second kappa shape index (κ2) is 4.33. The second-order valence-electron chi connectivity index (χ2n) is 4.05. The van der Waals surface area contributed by atoms with Crippen LogP contribution in [0, 0.1) is 0 Å². The Hall–Kier alpha value is -2.23. The number of primary amides is 1. The first-order chi connectivity index (χ1) is 8.08. The summed E-state index contributed by atoms with van der Waals surface area (Å²) in [5.41, 5.74) is 7.77. The number of hydrogen-bond acceptors (Lipinski definition) is 1. The summed E-state index contributed by atoms with van der Waals surface area (Å²) >= 11 is 0. The predicted molar refractivity (Wildman–Crippen MR) is 62.7 cm³/mol. The van der Waals surface area contributed by atoms with Gasteiger partial charge in [0.2, 0.25) is 0 Å². The van der Waals surface area contributed by atoms with E-state index in [2.05, 4.69) is 0 Å². The minimum absolute atomic E-state index is 0.413. The van der Waals surface area contributed by atoms with Gasteiger partial charge < -0.3 is 5.73 Å². The first-order valence-electron chi connectivity index (χ1n) is 5.32. The molecule has 0 aromatic carbocycles. The van der Waals surface area contributed by atoms with Crippen molar-refractivity contribution < 1.29 is 13.9 Å². The molecule has 2 N–H and O–H groups in total. The zero-order valence-corrected chi connectivity index (χ0v) is 9.92. The van der Waals surface area contributed by atoms with Gasteiger partial charge in [-0.3, -0.25) is 4.79 Å². The molecule has 86 valence electrons. The molecule has 0 fully saturated rings. The van der Waals surface area contributed by atoms with Gasteiger partial charge in [-0.25, -0.2) is 9.13 Å². The molecule has 0 saturated carbocycles. The zero-order valence-electron chi connectivity index (χ0n) is 9.92. The second-order valence-corrected chi connectivity index (χ2v) is 4.05. The zero-order chi connectivity index (χ0) is 12.4. The van der Waals surface area contributed by atoms with E-state index in [1.165, 1.54) is 0 Å². The standard InChI is InChI=1S/C13H14N3O/c1-15-6-3-10(4-7-15)11-5-8-16(2)9-12(11)13(14)17/h3-9H,1-2H3,(H-,14,17)/q+1/p+1. The molecule has 0 spiro atoms. The molecule has 0 unspecified atom stereocenters. The van der Waals surface area contributed by atoms with E-state index in [1.807, 2.05) is 60.0 Å². The summed E-state index contributed by atoms with van der Waals surface area (Å²) in [6.07, 6.45) is 7.51. The Kier molecular flexibility index (Phi) is 2.87. The third kappa shape index (κ3) is 2.30. The normalized spacial score (nSPS) is 10.2. The van der Waals surface area contributed by atoms with E-state index in [9.17, 15) is 4.79 Å². The fourth-order valence-electron chi connectivity index (χ4n) is 1.73. The maximum absolute atomic E-state index is 11.4. The molecule has 0 bridgehead atoms. The van der Waals surface area contributed by atoms with Gasteiger partial charge in [0.05, 0.1) is 0 Å². The molecule has 0 radical (unpaired) electrons. The van der Waals surface area contributed by atoms with Crippen molar-refractivity contribution in [2.75, 3.05) is 0 Å². The molecule has 1 amide bonds. The summed E-state index contributed by atoms with van der Waals surface area (Å²) in [5.74, 6) is -0.413. The van der Waals surface area contributed by atoms with Gasteiger partial charge in [0, 0.05) is 23.8 Å². The number of aromatic nitrogens is 2. The molecule has 2 rings (SSSR count). The van der Waals surface area contributed by atoms with E-state index in [0.29, 0.717) is 5.56 Å². The van der Waals surface area contributed by atoms with Crippen molar-refractivity contribution in [2.24, 2.45) is 19.8 Å². The van der Waals surface area contributed by atoms with E-state index in [4.69, 9.17) is 5.73 Å². The lowest BCUT2D eigenvalue weighted by Gasteiger charge is -2.03. The Morgan fingerprint density at radius 1 is 1.06 bits per heavy atom. The molecular weight excluding hydrogens is 214 g/mol. The van der Waals surface area contributed by atoms with Crippen LogP contribution in [0.25, 0.3) is 11.1 Å².